The lowest BCUT2D eigenvalue weighted by Crippen LogP contribution is -2.34. The first-order chi connectivity index (χ1) is 19.3. The van der Waals surface area contributed by atoms with Crippen molar-refractivity contribution in [3.8, 4) is 0 Å². The number of esters is 2. The highest BCUT2D eigenvalue weighted by Crippen LogP contribution is 2.38. The standard InChI is InChI=1S/C28H31NO10S/c1-3-4-13-22(38-17(2)30)20-11-7-8-12-21(20)28(32)40-24-16-36-25-23(15-35-26(24)25)39-27(31)19-10-6-5-9-18(19)14-37-29(33)34/h5-12,22-26H,3-4,13-16H2,1-2H3/t22?,23-,24?,25-,26-/m1/s1. The molecule has 2 aromatic carbocycles. The number of carbonyl (C=O) groups excluding carboxylic acids is 3. The molecular formula is C28H31NO10S. The number of hydrogen-bond donors (Lipinski definition) is 0. The minimum Gasteiger partial charge on any atom is -0.458 e. The maximum atomic E-state index is 13.4. The highest BCUT2D eigenvalue weighted by Gasteiger charge is 2.50. The van der Waals surface area contributed by atoms with Crippen molar-refractivity contribution >= 4 is 28.8 Å². The van der Waals surface area contributed by atoms with Crippen LogP contribution in [0.5, 0.6) is 0 Å². The molecule has 2 aliphatic heterocycles. The van der Waals surface area contributed by atoms with Gasteiger partial charge in [-0.1, -0.05) is 67.6 Å². The van der Waals surface area contributed by atoms with Crippen LogP contribution in [0.3, 0.4) is 0 Å². The molecule has 40 heavy (non-hydrogen) atoms. The van der Waals surface area contributed by atoms with Crippen LogP contribution < -0.4 is 0 Å². The molecule has 2 aliphatic rings. The van der Waals surface area contributed by atoms with E-state index in [9.17, 15) is 24.5 Å². The predicted molar refractivity (Wildman–Crippen MR) is 143 cm³/mol. The Balaban J connectivity index is 1.41. The highest BCUT2D eigenvalue weighted by atomic mass is 32.2. The molecule has 0 radical (unpaired) electrons. The third-order valence-electron chi connectivity index (χ3n) is 6.70. The Labute approximate surface area is 235 Å². The van der Waals surface area contributed by atoms with E-state index in [1.165, 1.54) is 13.0 Å². The summed E-state index contributed by atoms with van der Waals surface area (Å²) < 4.78 is 23.0. The van der Waals surface area contributed by atoms with Crippen molar-refractivity contribution in [1.29, 1.82) is 0 Å². The van der Waals surface area contributed by atoms with Crippen molar-refractivity contribution in [2.24, 2.45) is 0 Å². The number of unbranched alkanes of at least 4 members (excludes halogenated alkanes) is 1. The van der Waals surface area contributed by atoms with Gasteiger partial charge in [0.25, 0.3) is 5.09 Å². The lowest BCUT2D eigenvalue weighted by atomic mass is 9.99. The van der Waals surface area contributed by atoms with Gasteiger partial charge in [-0.05, 0) is 24.5 Å². The van der Waals surface area contributed by atoms with Gasteiger partial charge in [-0.3, -0.25) is 9.59 Å². The summed E-state index contributed by atoms with van der Waals surface area (Å²) in [6.07, 6.45) is 0.107. The summed E-state index contributed by atoms with van der Waals surface area (Å²) in [4.78, 5) is 53.1. The molecule has 214 valence electrons. The summed E-state index contributed by atoms with van der Waals surface area (Å²) in [5, 5.41) is 9.12. The number of nitrogens with zero attached hydrogens (tertiary/aromatic N) is 1. The first-order valence-corrected chi connectivity index (χ1v) is 13.9. The summed E-state index contributed by atoms with van der Waals surface area (Å²) in [6.45, 7) is 3.32. The van der Waals surface area contributed by atoms with Crippen LogP contribution >= 0.6 is 11.8 Å². The molecule has 12 heteroatoms. The minimum atomic E-state index is -0.927. The van der Waals surface area contributed by atoms with Crippen molar-refractivity contribution in [1.82, 2.24) is 0 Å². The van der Waals surface area contributed by atoms with Gasteiger partial charge >= 0.3 is 11.9 Å². The average molecular weight is 574 g/mol. The van der Waals surface area contributed by atoms with Crippen LogP contribution in [0.2, 0.25) is 0 Å². The Morgan fingerprint density at radius 3 is 2.48 bits per heavy atom. The second-order valence-corrected chi connectivity index (χ2v) is 10.7. The van der Waals surface area contributed by atoms with Gasteiger partial charge in [-0.2, -0.15) is 0 Å². The lowest BCUT2D eigenvalue weighted by molar-refractivity contribution is -0.763. The van der Waals surface area contributed by atoms with Crippen molar-refractivity contribution < 1.29 is 43.3 Å². The van der Waals surface area contributed by atoms with Gasteiger partial charge in [0.05, 0.1) is 24.0 Å². The zero-order valence-electron chi connectivity index (χ0n) is 22.2. The number of ether oxygens (including phenoxy) is 4. The van der Waals surface area contributed by atoms with Crippen molar-refractivity contribution in [2.75, 3.05) is 13.2 Å². The van der Waals surface area contributed by atoms with E-state index >= 15 is 0 Å². The Bertz CT molecular complexity index is 1240. The van der Waals surface area contributed by atoms with Crippen LogP contribution in [-0.4, -0.2) is 58.9 Å². The van der Waals surface area contributed by atoms with Crippen molar-refractivity contribution in [3.05, 3.63) is 80.9 Å². The molecule has 2 unspecified atom stereocenters. The van der Waals surface area contributed by atoms with Gasteiger partial charge in [0.1, 0.15) is 24.9 Å². The van der Waals surface area contributed by atoms with Gasteiger partial charge < -0.3 is 23.8 Å². The van der Waals surface area contributed by atoms with Crippen LogP contribution in [0.4, 0.5) is 0 Å². The van der Waals surface area contributed by atoms with Gasteiger partial charge in [-0.15, -0.1) is 10.1 Å². The normalized spacial score (nSPS) is 22.2. The molecule has 0 saturated carbocycles. The van der Waals surface area contributed by atoms with Gasteiger partial charge in [0.2, 0.25) is 5.12 Å². The van der Waals surface area contributed by atoms with E-state index < -0.39 is 41.4 Å². The molecule has 0 aromatic heterocycles. The minimum absolute atomic E-state index is 0.0853. The number of thioether (sulfide) groups is 1. The zero-order chi connectivity index (χ0) is 28.6. The number of benzene rings is 2. The lowest BCUT2D eigenvalue weighted by Gasteiger charge is -2.21. The molecule has 2 heterocycles. The zero-order valence-corrected chi connectivity index (χ0v) is 23.0. The van der Waals surface area contributed by atoms with E-state index in [2.05, 4.69) is 4.84 Å². The smallest absolute Gasteiger partial charge is 0.338 e. The molecule has 5 atom stereocenters. The molecule has 0 spiro atoms. The third-order valence-corrected chi connectivity index (χ3v) is 7.84. The fourth-order valence-electron chi connectivity index (χ4n) is 4.83. The van der Waals surface area contributed by atoms with Crippen LogP contribution in [0.1, 0.15) is 71.1 Å². The van der Waals surface area contributed by atoms with Gasteiger partial charge in [-0.25, -0.2) is 4.79 Å². The molecule has 0 N–H and O–H groups in total. The van der Waals surface area contributed by atoms with E-state index in [0.29, 0.717) is 23.1 Å². The maximum Gasteiger partial charge on any atom is 0.338 e. The van der Waals surface area contributed by atoms with E-state index in [1.807, 2.05) is 13.0 Å². The van der Waals surface area contributed by atoms with Crippen molar-refractivity contribution in [2.45, 2.75) is 69.4 Å². The van der Waals surface area contributed by atoms with Crippen LogP contribution in [0.25, 0.3) is 0 Å². The third kappa shape index (κ3) is 7.18. The van der Waals surface area contributed by atoms with E-state index in [1.54, 1.807) is 36.4 Å². The topological polar surface area (TPSA) is 141 Å². The fraction of sp³-hybridized carbons (Fsp3) is 0.464. The second-order valence-electron chi connectivity index (χ2n) is 9.47. The van der Waals surface area contributed by atoms with E-state index in [0.717, 1.165) is 24.6 Å². The second kappa shape index (κ2) is 13.7. The quantitative estimate of drug-likeness (QED) is 0.202. The SMILES string of the molecule is CCCCC(OC(C)=O)c1ccccc1C(=O)SC1CO[C@H]2[C@@H]1OC[C@H]2OC(=O)c1ccccc1CO[N+](=O)[O-]. The first-order valence-electron chi connectivity index (χ1n) is 13.0. The molecule has 11 nitrogen and oxygen atoms in total. The molecule has 2 fully saturated rings. The number of fused-ring (bicyclic) bond motifs is 1. The number of hydrogen-bond acceptors (Lipinski definition) is 11. The van der Waals surface area contributed by atoms with E-state index in [4.69, 9.17) is 18.9 Å². The monoisotopic (exact) mass is 573 g/mol. The van der Waals surface area contributed by atoms with Crippen LogP contribution in [0.15, 0.2) is 48.5 Å². The van der Waals surface area contributed by atoms with Crippen LogP contribution in [-0.2, 0) is 35.2 Å². The number of rotatable bonds is 12. The fourth-order valence-corrected chi connectivity index (χ4v) is 5.93. The largest absolute Gasteiger partial charge is 0.458 e. The van der Waals surface area contributed by atoms with Gasteiger partial charge in [0.15, 0.2) is 6.10 Å². The summed E-state index contributed by atoms with van der Waals surface area (Å²) in [5.41, 5.74) is 1.59. The Hall–Kier alpha value is -3.48. The highest BCUT2D eigenvalue weighted by molar-refractivity contribution is 8.14. The molecule has 4 rings (SSSR count). The molecule has 2 saturated heterocycles. The number of carbonyl (C=O) groups is 3. The molecule has 0 bridgehead atoms. The Kier molecular flexibility index (Phi) is 10.1. The van der Waals surface area contributed by atoms with Gasteiger partial charge in [0, 0.05) is 18.1 Å². The average Bonchev–Trinajstić information content (AvgIpc) is 3.52. The van der Waals surface area contributed by atoms with E-state index in [-0.39, 0.29) is 35.7 Å². The predicted octanol–water partition coefficient (Wildman–Crippen LogP) is 4.45. The molecule has 0 amide bonds. The summed E-state index contributed by atoms with van der Waals surface area (Å²) in [6, 6.07) is 13.4. The Morgan fingerprint density at radius 2 is 1.75 bits per heavy atom. The van der Waals surface area contributed by atoms with Crippen molar-refractivity contribution in [3.63, 3.8) is 0 Å². The Morgan fingerprint density at radius 1 is 1.05 bits per heavy atom. The molecular weight excluding hydrogens is 542 g/mol. The summed E-state index contributed by atoms with van der Waals surface area (Å²) >= 11 is 1.09. The summed E-state index contributed by atoms with van der Waals surface area (Å²) in [7, 11) is 0. The molecule has 0 aliphatic carbocycles. The maximum absolute atomic E-state index is 13.4. The van der Waals surface area contributed by atoms with Crippen LogP contribution in [0, 0.1) is 10.1 Å². The summed E-state index contributed by atoms with van der Waals surface area (Å²) in [5.74, 6) is -1.08. The first kappa shape index (κ1) is 29.5. The molecule has 2 aromatic rings.